The number of rotatable bonds is 3. The number of aromatic hydroxyl groups is 1. The van der Waals surface area contributed by atoms with Crippen molar-refractivity contribution in [1.29, 1.82) is 0 Å². The van der Waals surface area contributed by atoms with Crippen molar-refractivity contribution in [2.24, 2.45) is 0 Å². The molecule has 0 spiro atoms. The number of phenolic OH excluding ortho intramolecular Hbond substituents is 1. The monoisotopic (exact) mass is 450 g/mol. The van der Waals surface area contributed by atoms with Gasteiger partial charge in [-0.25, -0.2) is 9.37 Å². The van der Waals surface area contributed by atoms with Crippen LogP contribution >= 0.6 is 15.9 Å². The number of pyridine rings is 1. The minimum absolute atomic E-state index is 0.0179. The Morgan fingerprint density at radius 3 is 2.32 bits per heavy atom. The molecule has 0 unspecified atom stereocenters. The second-order valence-corrected chi connectivity index (χ2v) is 9.24. The first-order valence-electron chi connectivity index (χ1n) is 9.43. The highest BCUT2D eigenvalue weighted by molar-refractivity contribution is 9.10. The molecule has 152 valence electrons. The van der Waals surface area contributed by atoms with Crippen molar-refractivity contribution < 1.29 is 9.50 Å². The number of halogens is 2. The largest absolute Gasteiger partial charge is 0.506 e. The summed E-state index contributed by atoms with van der Waals surface area (Å²) in [6.45, 7) is 10.4. The molecular formula is C21H28BrFN4O. The molecule has 0 radical (unpaired) electrons. The lowest BCUT2D eigenvalue weighted by molar-refractivity contribution is 0.128. The van der Waals surface area contributed by atoms with Gasteiger partial charge in [-0.2, -0.15) is 0 Å². The summed E-state index contributed by atoms with van der Waals surface area (Å²) < 4.78 is 14.3. The van der Waals surface area contributed by atoms with Crippen LogP contribution in [-0.2, 0) is 0 Å². The zero-order chi connectivity index (χ0) is 20.6. The number of benzene rings is 1. The summed E-state index contributed by atoms with van der Waals surface area (Å²) in [6.07, 6.45) is 1.69. The summed E-state index contributed by atoms with van der Waals surface area (Å²) in [6, 6.07) is 4.59. The zero-order valence-electron chi connectivity index (χ0n) is 17.1. The zero-order valence-corrected chi connectivity index (χ0v) is 18.7. The molecule has 1 N–H and O–H groups in total. The van der Waals surface area contributed by atoms with Crippen molar-refractivity contribution in [2.45, 2.75) is 26.3 Å². The molecule has 7 heteroatoms. The molecule has 3 rings (SSSR count). The lowest BCUT2D eigenvalue weighted by Gasteiger charge is -2.43. The van der Waals surface area contributed by atoms with Gasteiger partial charge in [-0.3, -0.25) is 4.90 Å². The van der Waals surface area contributed by atoms with E-state index >= 15 is 0 Å². The predicted molar refractivity (Wildman–Crippen MR) is 117 cm³/mol. The van der Waals surface area contributed by atoms with Gasteiger partial charge in [-0.15, -0.1) is 0 Å². The van der Waals surface area contributed by atoms with Crippen LogP contribution in [0.2, 0.25) is 0 Å². The van der Waals surface area contributed by atoms with E-state index in [1.165, 1.54) is 12.1 Å². The fourth-order valence-corrected chi connectivity index (χ4v) is 4.01. The fraction of sp³-hybridized carbons (Fsp3) is 0.476. The SMILES string of the molecule is CN(C)c1ncc(-c2cc(F)cc(Br)c2O)cc1N1CCN(C(C)(C)C)CC1. The minimum Gasteiger partial charge on any atom is -0.506 e. The molecule has 0 bridgehead atoms. The van der Waals surface area contributed by atoms with Gasteiger partial charge < -0.3 is 14.9 Å². The Balaban J connectivity index is 1.98. The lowest BCUT2D eigenvalue weighted by atomic mass is 10.0. The van der Waals surface area contributed by atoms with E-state index in [-0.39, 0.29) is 11.3 Å². The average molecular weight is 451 g/mol. The molecule has 1 fully saturated rings. The summed E-state index contributed by atoms with van der Waals surface area (Å²) in [5, 5.41) is 10.4. The van der Waals surface area contributed by atoms with Crippen molar-refractivity contribution in [3.8, 4) is 16.9 Å². The highest BCUT2D eigenvalue weighted by Crippen LogP contribution is 2.39. The molecule has 2 heterocycles. The third kappa shape index (κ3) is 4.25. The maximum Gasteiger partial charge on any atom is 0.151 e. The minimum atomic E-state index is -0.406. The Hall–Kier alpha value is -1.86. The summed E-state index contributed by atoms with van der Waals surface area (Å²) in [5.41, 5.74) is 2.27. The number of hydrogen-bond donors (Lipinski definition) is 1. The van der Waals surface area contributed by atoms with Crippen molar-refractivity contribution in [2.75, 3.05) is 50.1 Å². The van der Waals surface area contributed by atoms with E-state index in [9.17, 15) is 9.50 Å². The molecule has 1 aliphatic rings. The molecule has 1 aromatic carbocycles. The van der Waals surface area contributed by atoms with Crippen LogP contribution in [0.5, 0.6) is 5.75 Å². The molecule has 1 saturated heterocycles. The van der Waals surface area contributed by atoms with E-state index in [2.05, 4.69) is 51.5 Å². The van der Waals surface area contributed by atoms with Gasteiger partial charge in [0.15, 0.2) is 5.82 Å². The van der Waals surface area contributed by atoms with Crippen LogP contribution in [0.25, 0.3) is 11.1 Å². The van der Waals surface area contributed by atoms with Gasteiger partial charge in [-0.05, 0) is 54.9 Å². The molecule has 0 aliphatic carbocycles. The standard InChI is InChI=1S/C21H28BrFN4O/c1-21(2,3)27-8-6-26(7-9-27)18-10-14(13-24-20(18)25(4)5)16-11-15(23)12-17(22)19(16)28/h10-13,28H,6-9H2,1-5H3. The van der Waals surface area contributed by atoms with Crippen LogP contribution in [-0.4, -0.2) is 60.8 Å². The van der Waals surface area contributed by atoms with Gasteiger partial charge in [0.1, 0.15) is 11.6 Å². The van der Waals surface area contributed by atoms with E-state index in [4.69, 9.17) is 0 Å². The molecule has 1 aromatic heterocycles. The Morgan fingerprint density at radius 2 is 1.75 bits per heavy atom. The van der Waals surface area contributed by atoms with Crippen LogP contribution in [0.1, 0.15) is 20.8 Å². The normalized spacial score (nSPS) is 15.8. The molecule has 0 saturated carbocycles. The van der Waals surface area contributed by atoms with Gasteiger partial charge in [0.05, 0.1) is 10.2 Å². The van der Waals surface area contributed by atoms with Gasteiger partial charge >= 0.3 is 0 Å². The third-order valence-electron chi connectivity index (χ3n) is 5.18. The molecule has 0 atom stereocenters. The molecule has 28 heavy (non-hydrogen) atoms. The molecular weight excluding hydrogens is 423 g/mol. The van der Waals surface area contributed by atoms with Gasteiger partial charge in [-0.1, -0.05) is 0 Å². The smallest absolute Gasteiger partial charge is 0.151 e. The predicted octanol–water partition coefficient (Wildman–Crippen LogP) is 4.34. The topological polar surface area (TPSA) is 42.8 Å². The number of hydrogen-bond acceptors (Lipinski definition) is 5. The van der Waals surface area contributed by atoms with Crippen molar-refractivity contribution >= 4 is 27.4 Å². The van der Waals surface area contributed by atoms with Crippen LogP contribution in [0.3, 0.4) is 0 Å². The number of anilines is 2. The van der Waals surface area contributed by atoms with Crippen molar-refractivity contribution in [1.82, 2.24) is 9.88 Å². The highest BCUT2D eigenvalue weighted by Gasteiger charge is 2.27. The van der Waals surface area contributed by atoms with Crippen LogP contribution in [0, 0.1) is 5.82 Å². The van der Waals surface area contributed by atoms with E-state index in [1.54, 1.807) is 6.20 Å². The van der Waals surface area contributed by atoms with Crippen LogP contribution in [0.4, 0.5) is 15.9 Å². The summed E-state index contributed by atoms with van der Waals surface area (Å²) in [7, 11) is 3.93. The van der Waals surface area contributed by atoms with E-state index in [1.807, 2.05) is 25.1 Å². The first-order valence-corrected chi connectivity index (χ1v) is 10.2. The van der Waals surface area contributed by atoms with E-state index in [0.29, 0.717) is 15.6 Å². The molecule has 5 nitrogen and oxygen atoms in total. The molecule has 1 aliphatic heterocycles. The number of phenols is 1. The Morgan fingerprint density at radius 1 is 1.11 bits per heavy atom. The third-order valence-corrected chi connectivity index (χ3v) is 5.78. The lowest BCUT2D eigenvalue weighted by Crippen LogP contribution is -2.53. The van der Waals surface area contributed by atoms with Crippen LogP contribution in [0.15, 0.2) is 28.9 Å². The first-order chi connectivity index (χ1) is 13.1. The Kier molecular flexibility index (Phi) is 5.87. The number of piperazine rings is 1. The van der Waals surface area contributed by atoms with Gasteiger partial charge in [0.2, 0.25) is 0 Å². The van der Waals surface area contributed by atoms with Gasteiger partial charge in [0, 0.05) is 63.1 Å². The fourth-order valence-electron chi connectivity index (χ4n) is 3.57. The summed E-state index contributed by atoms with van der Waals surface area (Å²) in [4.78, 5) is 11.4. The maximum absolute atomic E-state index is 13.9. The first kappa shape index (κ1) is 20.9. The highest BCUT2D eigenvalue weighted by atomic mass is 79.9. The summed E-state index contributed by atoms with van der Waals surface area (Å²) >= 11 is 3.22. The Bertz CT molecular complexity index is 858. The second kappa shape index (κ2) is 7.87. The molecule has 2 aromatic rings. The van der Waals surface area contributed by atoms with E-state index < -0.39 is 5.82 Å². The van der Waals surface area contributed by atoms with Crippen molar-refractivity contribution in [3.63, 3.8) is 0 Å². The maximum atomic E-state index is 13.9. The number of nitrogens with zero attached hydrogens (tertiary/aromatic N) is 4. The van der Waals surface area contributed by atoms with Crippen LogP contribution < -0.4 is 9.80 Å². The Labute approximate surface area is 174 Å². The summed E-state index contributed by atoms with van der Waals surface area (Å²) in [5.74, 6) is 0.476. The quantitative estimate of drug-likeness (QED) is 0.752. The second-order valence-electron chi connectivity index (χ2n) is 8.39. The van der Waals surface area contributed by atoms with E-state index in [0.717, 1.165) is 37.7 Å². The van der Waals surface area contributed by atoms with Gasteiger partial charge in [0.25, 0.3) is 0 Å². The molecule has 0 amide bonds. The van der Waals surface area contributed by atoms with Crippen molar-refractivity contribution in [3.05, 3.63) is 34.7 Å². The number of aromatic nitrogens is 1. The average Bonchev–Trinajstić information content (AvgIpc) is 2.63.